The van der Waals surface area contributed by atoms with Crippen LogP contribution in [0.5, 0.6) is 17.2 Å². The van der Waals surface area contributed by atoms with Crippen LogP contribution in [0.3, 0.4) is 0 Å². The van der Waals surface area contributed by atoms with Gasteiger partial charge in [-0.15, -0.1) is 0 Å². The molecule has 0 fully saturated rings. The molecule has 4 aromatic carbocycles. The van der Waals surface area contributed by atoms with Crippen molar-refractivity contribution in [2.24, 2.45) is 5.10 Å². The van der Waals surface area contributed by atoms with Gasteiger partial charge >= 0.3 is 0 Å². The Morgan fingerprint density at radius 1 is 0.891 bits per heavy atom. The molecule has 13 nitrogen and oxygen atoms in total. The lowest BCUT2D eigenvalue weighted by Crippen LogP contribution is -2.21. The summed E-state index contributed by atoms with van der Waals surface area (Å²) in [4.78, 5) is 23.3. The highest BCUT2D eigenvalue weighted by molar-refractivity contribution is 7.92. The molecule has 0 bridgehead atoms. The van der Waals surface area contributed by atoms with Gasteiger partial charge < -0.3 is 19.5 Å². The summed E-state index contributed by atoms with van der Waals surface area (Å²) >= 11 is 0. The number of nitro groups is 1. The van der Waals surface area contributed by atoms with E-state index in [9.17, 15) is 23.3 Å². The van der Waals surface area contributed by atoms with E-state index in [0.717, 1.165) is 28.4 Å². The second kappa shape index (κ2) is 14.4. The number of sulfonamides is 1. The van der Waals surface area contributed by atoms with Gasteiger partial charge in [-0.05, 0) is 79.9 Å². The van der Waals surface area contributed by atoms with Gasteiger partial charge in [0.1, 0.15) is 11.4 Å². The van der Waals surface area contributed by atoms with Crippen molar-refractivity contribution in [3.8, 4) is 17.2 Å². The Labute approximate surface area is 266 Å². The zero-order valence-electron chi connectivity index (χ0n) is 25.8. The number of nitrogens with one attached hydrogen (secondary N) is 3. The van der Waals surface area contributed by atoms with E-state index < -0.39 is 20.6 Å². The lowest BCUT2D eigenvalue weighted by Gasteiger charge is -2.14. The molecule has 0 aliphatic rings. The first-order valence-electron chi connectivity index (χ1n) is 13.8. The number of carbonyl (C=O) groups is 1. The number of nitro benzene ring substituents is 1. The maximum absolute atomic E-state index is 13.0. The minimum Gasteiger partial charge on any atom is -0.495 e. The third-order valence-corrected chi connectivity index (χ3v) is 8.08. The third-order valence-electron chi connectivity index (χ3n) is 6.71. The highest BCUT2D eigenvalue weighted by Crippen LogP contribution is 2.31. The molecular weight excluding hydrogens is 614 g/mol. The summed E-state index contributed by atoms with van der Waals surface area (Å²) in [6, 6.07) is 18.6. The van der Waals surface area contributed by atoms with Crippen molar-refractivity contribution in [3.63, 3.8) is 0 Å². The van der Waals surface area contributed by atoms with E-state index in [1.54, 1.807) is 36.4 Å². The van der Waals surface area contributed by atoms with Crippen molar-refractivity contribution in [3.05, 3.63) is 105 Å². The molecule has 14 heteroatoms. The topological polar surface area (TPSA) is 170 Å². The second-order valence-electron chi connectivity index (χ2n) is 10.1. The quantitative estimate of drug-likeness (QED) is 0.0921. The predicted octanol–water partition coefficient (Wildman–Crippen LogP) is 5.80. The average molecular weight is 648 g/mol. The SMILES string of the molecule is COc1ccccc1NS(=O)(=O)c1ccc(NN=Cc2ccc(OCC(=O)Nc3c(C)cc(C)cc3C)c(OC)c2)c([N+](=O)[O-])c1. The molecule has 3 N–H and O–H groups in total. The summed E-state index contributed by atoms with van der Waals surface area (Å²) in [5.41, 5.74) is 6.53. The predicted molar refractivity (Wildman–Crippen MR) is 176 cm³/mol. The highest BCUT2D eigenvalue weighted by atomic mass is 32.2. The molecule has 1 amide bonds. The molecule has 0 saturated carbocycles. The zero-order chi connectivity index (χ0) is 33.4. The Morgan fingerprint density at radius 3 is 2.26 bits per heavy atom. The van der Waals surface area contributed by atoms with Gasteiger partial charge in [-0.25, -0.2) is 8.42 Å². The van der Waals surface area contributed by atoms with E-state index >= 15 is 0 Å². The minimum atomic E-state index is -4.18. The van der Waals surface area contributed by atoms with Crippen LogP contribution >= 0.6 is 0 Å². The number of nitrogens with zero attached hydrogens (tertiary/aromatic N) is 2. The van der Waals surface area contributed by atoms with Gasteiger partial charge in [0.2, 0.25) is 0 Å². The largest absolute Gasteiger partial charge is 0.495 e. The molecule has 0 aliphatic heterocycles. The fraction of sp³-hybridized carbons (Fsp3) is 0.188. The summed E-state index contributed by atoms with van der Waals surface area (Å²) in [5, 5.41) is 18.7. The smallest absolute Gasteiger partial charge is 0.295 e. The number of hydrazone groups is 1. The number of para-hydroxylation sites is 2. The molecule has 240 valence electrons. The Hall–Kier alpha value is -5.63. The number of benzene rings is 4. The minimum absolute atomic E-state index is 0.0329. The Bertz CT molecular complexity index is 1890. The number of aryl methyl sites for hydroxylation is 3. The number of ether oxygens (including phenoxy) is 3. The summed E-state index contributed by atoms with van der Waals surface area (Å²) in [6.07, 6.45) is 1.39. The molecule has 46 heavy (non-hydrogen) atoms. The number of methoxy groups -OCH3 is 2. The number of hydrogen-bond acceptors (Lipinski definition) is 10. The van der Waals surface area contributed by atoms with Gasteiger partial charge in [0.25, 0.3) is 21.6 Å². The molecule has 4 aromatic rings. The molecule has 0 atom stereocenters. The Balaban J connectivity index is 1.43. The summed E-state index contributed by atoms with van der Waals surface area (Å²) in [6.45, 7) is 5.59. The van der Waals surface area contributed by atoms with E-state index in [-0.39, 0.29) is 34.5 Å². The van der Waals surface area contributed by atoms with Gasteiger partial charge in [-0.2, -0.15) is 5.10 Å². The van der Waals surface area contributed by atoms with Crippen molar-refractivity contribution in [2.75, 3.05) is 36.3 Å². The van der Waals surface area contributed by atoms with Gasteiger partial charge in [0.15, 0.2) is 18.1 Å². The molecule has 0 aromatic heterocycles. The van der Waals surface area contributed by atoms with Crippen LogP contribution in [0.2, 0.25) is 0 Å². The molecule has 0 unspecified atom stereocenters. The lowest BCUT2D eigenvalue weighted by atomic mass is 10.1. The average Bonchev–Trinajstić information content (AvgIpc) is 3.02. The monoisotopic (exact) mass is 647 g/mol. The van der Waals surface area contributed by atoms with Crippen LogP contribution < -0.4 is 29.7 Å². The van der Waals surface area contributed by atoms with Crippen LogP contribution in [0.25, 0.3) is 0 Å². The number of rotatable bonds is 13. The summed E-state index contributed by atoms with van der Waals surface area (Å²) in [7, 11) is -1.33. The zero-order valence-corrected chi connectivity index (χ0v) is 26.6. The first-order chi connectivity index (χ1) is 21.9. The van der Waals surface area contributed by atoms with E-state index in [1.165, 1.54) is 38.6 Å². The molecule has 0 spiro atoms. The first kappa shape index (κ1) is 33.3. The third kappa shape index (κ3) is 8.09. The second-order valence-corrected chi connectivity index (χ2v) is 11.8. The van der Waals surface area contributed by atoms with Crippen LogP contribution in [0.15, 0.2) is 82.8 Å². The van der Waals surface area contributed by atoms with E-state index in [4.69, 9.17) is 14.2 Å². The van der Waals surface area contributed by atoms with Gasteiger partial charge in [0, 0.05) is 11.8 Å². The van der Waals surface area contributed by atoms with Crippen molar-refractivity contribution >= 4 is 44.9 Å². The number of anilines is 3. The standard InChI is InChI=1S/C32H33N5O8S/c1-20-14-21(2)32(22(3)15-20)34-31(38)19-45-29-13-10-23(16-30(29)44-5)18-33-35-25-12-11-24(17-27(25)37(39)40)46(41,42)36-26-8-6-7-9-28(26)43-4/h6-18,35-36H,19H2,1-5H3,(H,34,38). The van der Waals surface area contributed by atoms with Gasteiger partial charge in [0.05, 0.1) is 35.9 Å². The number of hydrogen-bond donors (Lipinski definition) is 3. The number of carbonyl (C=O) groups excluding carboxylic acids is 1. The molecule has 0 heterocycles. The highest BCUT2D eigenvalue weighted by Gasteiger charge is 2.22. The molecule has 0 aliphatic carbocycles. The van der Waals surface area contributed by atoms with Gasteiger partial charge in [-0.1, -0.05) is 29.8 Å². The van der Waals surface area contributed by atoms with Crippen LogP contribution in [0.1, 0.15) is 22.3 Å². The van der Waals surface area contributed by atoms with Crippen LogP contribution in [-0.2, 0) is 14.8 Å². The van der Waals surface area contributed by atoms with Crippen molar-refractivity contribution < 1.29 is 32.3 Å². The summed E-state index contributed by atoms with van der Waals surface area (Å²) in [5.74, 6) is 0.623. The van der Waals surface area contributed by atoms with Crippen molar-refractivity contribution in [1.82, 2.24) is 0 Å². The molecule has 4 rings (SSSR count). The fourth-order valence-corrected chi connectivity index (χ4v) is 5.70. The first-order valence-corrected chi connectivity index (χ1v) is 15.3. The van der Waals surface area contributed by atoms with E-state index in [2.05, 4.69) is 20.6 Å². The van der Waals surface area contributed by atoms with Crippen LogP contribution in [0.4, 0.5) is 22.7 Å². The molecule has 0 radical (unpaired) electrons. The maximum Gasteiger partial charge on any atom is 0.295 e. The van der Waals surface area contributed by atoms with Crippen LogP contribution in [-0.4, -0.2) is 46.3 Å². The van der Waals surface area contributed by atoms with E-state index in [1.807, 2.05) is 32.9 Å². The van der Waals surface area contributed by atoms with Crippen LogP contribution in [0, 0.1) is 30.9 Å². The normalized spacial score (nSPS) is 11.2. The molecule has 0 saturated heterocycles. The Morgan fingerprint density at radius 2 is 1.59 bits per heavy atom. The van der Waals surface area contributed by atoms with Crippen molar-refractivity contribution in [2.45, 2.75) is 25.7 Å². The van der Waals surface area contributed by atoms with Crippen molar-refractivity contribution in [1.29, 1.82) is 0 Å². The van der Waals surface area contributed by atoms with E-state index in [0.29, 0.717) is 17.1 Å². The Kier molecular flexibility index (Phi) is 10.4. The lowest BCUT2D eigenvalue weighted by molar-refractivity contribution is -0.384. The maximum atomic E-state index is 13.0. The number of amides is 1. The van der Waals surface area contributed by atoms with Gasteiger partial charge in [-0.3, -0.25) is 25.1 Å². The molecular formula is C32H33N5O8S. The summed E-state index contributed by atoms with van der Waals surface area (Å²) < 4.78 is 44.6. The fourth-order valence-electron chi connectivity index (χ4n) is 4.61.